The molecular weight excluding hydrogens is 434 g/mol. The first-order valence-corrected chi connectivity index (χ1v) is 10.6. The molecule has 4 rings (SSSR count). The number of rotatable bonds is 9. The van der Waals surface area contributed by atoms with Gasteiger partial charge in [0.05, 0.1) is 25.9 Å². The minimum absolute atomic E-state index is 0.00104. The van der Waals surface area contributed by atoms with Crippen molar-refractivity contribution in [3.8, 4) is 28.6 Å². The predicted octanol–water partition coefficient (Wildman–Crippen LogP) is 4.07. The lowest BCUT2D eigenvalue weighted by atomic mass is 10.2. The number of nitrogens with zero attached hydrogens (tertiary/aromatic N) is 4. The van der Waals surface area contributed by atoms with Crippen molar-refractivity contribution >= 4 is 5.69 Å². The molecule has 0 saturated carbocycles. The summed E-state index contributed by atoms with van der Waals surface area (Å²) in [6.45, 7) is 1.99. The Hall–Kier alpha value is -3.40. The quantitative estimate of drug-likeness (QED) is 0.473. The van der Waals surface area contributed by atoms with E-state index >= 15 is 0 Å². The minimum Gasteiger partial charge on any atom is -0.493 e. The zero-order valence-electron chi connectivity index (χ0n) is 18.7. The first-order chi connectivity index (χ1) is 16.0. The lowest BCUT2D eigenvalue weighted by molar-refractivity contribution is -0.0512. The second kappa shape index (κ2) is 10.0. The van der Waals surface area contributed by atoms with Crippen molar-refractivity contribution in [2.24, 2.45) is 0 Å². The van der Waals surface area contributed by atoms with E-state index in [0.29, 0.717) is 30.4 Å². The summed E-state index contributed by atoms with van der Waals surface area (Å²) >= 11 is 0. The molecule has 0 N–H and O–H groups in total. The van der Waals surface area contributed by atoms with Crippen LogP contribution in [0.15, 0.2) is 47.0 Å². The van der Waals surface area contributed by atoms with Gasteiger partial charge in [-0.3, -0.25) is 4.90 Å². The number of benzene rings is 2. The van der Waals surface area contributed by atoms with Crippen molar-refractivity contribution in [3.05, 3.63) is 48.4 Å². The van der Waals surface area contributed by atoms with Gasteiger partial charge in [0.1, 0.15) is 11.9 Å². The summed E-state index contributed by atoms with van der Waals surface area (Å²) in [5, 5.41) is 4.01. The maximum absolute atomic E-state index is 12.5. The van der Waals surface area contributed by atoms with E-state index in [4.69, 9.17) is 14.0 Å². The standard InChI is InChI=1S/C23H26F2N4O4/c1-4-29-13-16(31-18-8-6-5-7-17(18)29)12-28(2)14-21-26-22(27-33-21)15-9-10-19(32-23(24)25)20(11-15)30-3/h5-11,16,23H,4,12-14H2,1-3H3. The minimum atomic E-state index is -2.94. The highest BCUT2D eigenvalue weighted by Gasteiger charge is 2.26. The van der Waals surface area contributed by atoms with Gasteiger partial charge in [-0.05, 0) is 44.3 Å². The number of hydrogen-bond donors (Lipinski definition) is 0. The van der Waals surface area contributed by atoms with Gasteiger partial charge in [0, 0.05) is 18.7 Å². The molecule has 0 aliphatic carbocycles. The van der Waals surface area contributed by atoms with Crippen LogP contribution in [0, 0.1) is 0 Å². The fourth-order valence-electron chi connectivity index (χ4n) is 3.85. The molecule has 0 spiro atoms. The van der Waals surface area contributed by atoms with Gasteiger partial charge in [0.2, 0.25) is 11.7 Å². The SMILES string of the molecule is CCN1CC(CN(C)Cc2nc(-c3ccc(OC(F)F)c(OC)c3)no2)Oc2ccccc21. The van der Waals surface area contributed by atoms with E-state index < -0.39 is 6.61 Å². The number of alkyl halides is 2. The summed E-state index contributed by atoms with van der Waals surface area (Å²) in [6, 6.07) is 12.5. The van der Waals surface area contributed by atoms with E-state index in [2.05, 4.69) is 37.7 Å². The van der Waals surface area contributed by atoms with E-state index in [0.717, 1.165) is 24.5 Å². The molecule has 8 nitrogen and oxygen atoms in total. The molecular formula is C23H26F2N4O4. The van der Waals surface area contributed by atoms with Crippen LogP contribution in [-0.4, -0.2) is 61.5 Å². The summed E-state index contributed by atoms with van der Waals surface area (Å²) in [4.78, 5) is 8.79. The van der Waals surface area contributed by atoms with Crippen molar-refractivity contribution in [2.75, 3.05) is 38.7 Å². The van der Waals surface area contributed by atoms with Crippen molar-refractivity contribution < 1.29 is 27.5 Å². The van der Waals surface area contributed by atoms with Crippen LogP contribution >= 0.6 is 0 Å². The summed E-state index contributed by atoms with van der Waals surface area (Å²) in [5.74, 6) is 1.75. The molecule has 33 heavy (non-hydrogen) atoms. The summed E-state index contributed by atoms with van der Waals surface area (Å²) in [6.07, 6.45) is -0.00104. The Labute approximate surface area is 190 Å². The van der Waals surface area contributed by atoms with E-state index in [1.807, 2.05) is 25.2 Å². The molecule has 2 aromatic carbocycles. The van der Waals surface area contributed by atoms with Crippen molar-refractivity contribution in [1.82, 2.24) is 15.0 Å². The van der Waals surface area contributed by atoms with Gasteiger partial charge in [-0.1, -0.05) is 17.3 Å². The molecule has 2 heterocycles. The van der Waals surface area contributed by atoms with E-state index in [1.54, 1.807) is 6.07 Å². The molecule has 0 amide bonds. The first-order valence-electron chi connectivity index (χ1n) is 10.6. The second-order valence-electron chi connectivity index (χ2n) is 7.70. The van der Waals surface area contributed by atoms with Gasteiger partial charge < -0.3 is 23.6 Å². The predicted molar refractivity (Wildman–Crippen MR) is 118 cm³/mol. The third-order valence-corrected chi connectivity index (χ3v) is 5.33. The molecule has 1 aromatic heterocycles. The zero-order valence-corrected chi connectivity index (χ0v) is 18.7. The number of hydrogen-bond acceptors (Lipinski definition) is 8. The second-order valence-corrected chi connectivity index (χ2v) is 7.70. The number of ether oxygens (including phenoxy) is 3. The lowest BCUT2D eigenvalue weighted by Crippen LogP contribution is -2.45. The number of halogens is 2. The molecule has 0 fully saturated rings. The molecule has 0 bridgehead atoms. The highest BCUT2D eigenvalue weighted by molar-refractivity contribution is 5.61. The molecule has 0 radical (unpaired) electrons. The summed E-state index contributed by atoms with van der Waals surface area (Å²) in [5.41, 5.74) is 1.68. The molecule has 10 heteroatoms. The fraction of sp³-hybridized carbons (Fsp3) is 0.391. The van der Waals surface area contributed by atoms with Gasteiger partial charge in [-0.2, -0.15) is 13.8 Å². The molecule has 1 atom stereocenters. The van der Waals surface area contributed by atoms with E-state index in [-0.39, 0.29) is 17.6 Å². The fourth-order valence-corrected chi connectivity index (χ4v) is 3.85. The zero-order chi connectivity index (χ0) is 23.4. The Kier molecular flexibility index (Phi) is 6.93. The van der Waals surface area contributed by atoms with Gasteiger partial charge in [0.15, 0.2) is 11.5 Å². The van der Waals surface area contributed by atoms with Crippen LogP contribution < -0.4 is 19.1 Å². The van der Waals surface area contributed by atoms with Crippen molar-refractivity contribution in [3.63, 3.8) is 0 Å². The largest absolute Gasteiger partial charge is 0.493 e. The first kappa shape index (κ1) is 22.8. The topological polar surface area (TPSA) is 73.1 Å². The summed E-state index contributed by atoms with van der Waals surface area (Å²) in [7, 11) is 3.34. The van der Waals surface area contributed by atoms with Crippen LogP contribution in [0.3, 0.4) is 0 Å². The maximum Gasteiger partial charge on any atom is 0.387 e. The Morgan fingerprint density at radius 3 is 2.79 bits per heavy atom. The van der Waals surface area contributed by atoms with Gasteiger partial charge in [-0.15, -0.1) is 0 Å². The number of fused-ring (bicyclic) bond motifs is 1. The number of methoxy groups -OCH3 is 1. The third-order valence-electron chi connectivity index (χ3n) is 5.33. The third kappa shape index (κ3) is 5.33. The lowest BCUT2D eigenvalue weighted by Gasteiger charge is -2.37. The summed E-state index contributed by atoms with van der Waals surface area (Å²) < 4.78 is 46.2. The van der Waals surface area contributed by atoms with Crippen LogP contribution in [0.1, 0.15) is 12.8 Å². The Morgan fingerprint density at radius 2 is 2.03 bits per heavy atom. The number of anilines is 1. The Morgan fingerprint density at radius 1 is 1.21 bits per heavy atom. The van der Waals surface area contributed by atoms with Gasteiger partial charge >= 0.3 is 6.61 Å². The number of para-hydroxylation sites is 2. The van der Waals surface area contributed by atoms with Crippen LogP contribution in [0.25, 0.3) is 11.4 Å². The Bertz CT molecular complexity index is 1080. The number of likely N-dealkylation sites (N-methyl/N-ethyl adjacent to an activating group) is 2. The maximum atomic E-state index is 12.5. The van der Waals surface area contributed by atoms with E-state index in [9.17, 15) is 8.78 Å². The molecule has 1 aliphatic heterocycles. The van der Waals surface area contributed by atoms with Gasteiger partial charge in [-0.25, -0.2) is 0 Å². The highest BCUT2D eigenvalue weighted by atomic mass is 19.3. The normalized spacial score (nSPS) is 15.5. The number of aromatic nitrogens is 2. The molecule has 1 aliphatic rings. The molecule has 0 saturated heterocycles. The van der Waals surface area contributed by atoms with Crippen molar-refractivity contribution in [2.45, 2.75) is 26.2 Å². The molecule has 3 aromatic rings. The van der Waals surface area contributed by atoms with Gasteiger partial charge in [0.25, 0.3) is 0 Å². The average Bonchev–Trinajstić information content (AvgIpc) is 3.26. The van der Waals surface area contributed by atoms with E-state index in [1.165, 1.54) is 19.2 Å². The molecule has 176 valence electrons. The van der Waals surface area contributed by atoms with Crippen LogP contribution in [0.4, 0.5) is 14.5 Å². The highest BCUT2D eigenvalue weighted by Crippen LogP contribution is 2.34. The monoisotopic (exact) mass is 460 g/mol. The van der Waals surface area contributed by atoms with Crippen molar-refractivity contribution in [1.29, 1.82) is 0 Å². The molecule has 1 unspecified atom stereocenters. The van der Waals surface area contributed by atoms with Crippen LogP contribution in [-0.2, 0) is 6.54 Å². The average molecular weight is 460 g/mol. The van der Waals surface area contributed by atoms with Crippen LogP contribution in [0.5, 0.6) is 17.2 Å². The Balaban J connectivity index is 1.40. The smallest absolute Gasteiger partial charge is 0.387 e. The van der Waals surface area contributed by atoms with Crippen LogP contribution in [0.2, 0.25) is 0 Å².